The highest BCUT2D eigenvalue weighted by molar-refractivity contribution is 6.12. The second-order valence-electron chi connectivity index (χ2n) is 13.1. The van der Waals surface area contributed by atoms with Gasteiger partial charge in [-0.25, -0.2) is 0 Å². The Morgan fingerprint density at radius 1 is 0.618 bits per heavy atom. The Balaban J connectivity index is 1.11. The maximum atomic E-state index is 13.1. The molecule has 0 radical (unpaired) electrons. The van der Waals surface area contributed by atoms with Crippen LogP contribution >= 0.6 is 0 Å². The molecule has 0 spiro atoms. The van der Waals surface area contributed by atoms with Gasteiger partial charge >= 0.3 is 0 Å². The molecule has 290 valence electrons. The van der Waals surface area contributed by atoms with E-state index in [4.69, 9.17) is 4.74 Å². The third-order valence-corrected chi connectivity index (χ3v) is 8.63. The highest BCUT2D eigenvalue weighted by atomic mass is 16.5. The number of nitrogens with one attached hydrogen (secondary N) is 5. The number of unbranched alkanes of at least 4 members (excludes halogenated alkanes) is 2. The molecule has 0 saturated heterocycles. The molecule has 55 heavy (non-hydrogen) atoms. The summed E-state index contributed by atoms with van der Waals surface area (Å²) in [5, 5.41) is 12.7. The molecule has 0 fully saturated rings. The SMILES string of the molecule is Cc1ccc(Cc2ccc(COCNC(=O)CNC(=O)C(Cc3ccccc3)NC(=O)CNC(=O)CNC(=O)CCCCCN3C(=O)C=CC3=O)cc2)cc1. The Bertz CT molecular complexity index is 1790. The van der Waals surface area contributed by atoms with E-state index in [1.54, 1.807) is 24.3 Å². The van der Waals surface area contributed by atoms with E-state index in [9.17, 15) is 33.6 Å². The maximum Gasteiger partial charge on any atom is 0.253 e. The van der Waals surface area contributed by atoms with E-state index in [2.05, 4.69) is 57.8 Å². The Morgan fingerprint density at radius 2 is 1.20 bits per heavy atom. The second-order valence-corrected chi connectivity index (χ2v) is 13.1. The highest BCUT2D eigenvalue weighted by Gasteiger charge is 2.23. The second kappa shape index (κ2) is 22.2. The number of hydrogen-bond acceptors (Lipinski definition) is 8. The summed E-state index contributed by atoms with van der Waals surface area (Å²) in [6.45, 7) is 1.44. The quantitative estimate of drug-likeness (QED) is 0.0582. The highest BCUT2D eigenvalue weighted by Crippen LogP contribution is 2.13. The minimum Gasteiger partial charge on any atom is -0.357 e. The van der Waals surface area contributed by atoms with Crippen LogP contribution in [-0.4, -0.2) is 85.2 Å². The lowest BCUT2D eigenvalue weighted by molar-refractivity contribution is -0.137. The van der Waals surface area contributed by atoms with Gasteiger partial charge in [0.25, 0.3) is 11.8 Å². The lowest BCUT2D eigenvalue weighted by Crippen LogP contribution is -2.52. The van der Waals surface area contributed by atoms with Crippen LogP contribution in [-0.2, 0) is 57.7 Å². The van der Waals surface area contributed by atoms with Gasteiger partial charge in [-0.1, -0.05) is 90.8 Å². The van der Waals surface area contributed by atoms with Crippen molar-refractivity contribution in [3.05, 3.63) is 119 Å². The molecule has 1 aliphatic heterocycles. The van der Waals surface area contributed by atoms with Crippen LogP contribution in [0.1, 0.15) is 53.5 Å². The standard InChI is InChI=1S/C41H48N6O8/c1-29-11-13-31(14-12-29)22-32-15-17-33(18-16-32)27-55-28-45-37(50)25-44-41(54)34(23-30-8-4-2-5-9-30)46-38(51)26-43-36(49)24-42-35(48)10-6-3-7-21-47-39(52)19-20-40(47)53/h2,4-5,8-9,11-20,34H,3,6-7,10,21-28H2,1H3,(H,42,48)(H,43,49)(H,44,54)(H,45,50)(H,46,51). The molecule has 4 rings (SSSR count). The molecular formula is C41H48N6O8. The third-order valence-electron chi connectivity index (χ3n) is 8.63. The van der Waals surface area contributed by atoms with Crippen molar-refractivity contribution in [3.63, 3.8) is 0 Å². The molecule has 14 heteroatoms. The van der Waals surface area contributed by atoms with Crippen molar-refractivity contribution in [1.82, 2.24) is 31.5 Å². The molecule has 3 aromatic rings. The number of ether oxygens (including phenoxy) is 1. The number of carbonyl (C=O) groups is 7. The first-order chi connectivity index (χ1) is 26.5. The Morgan fingerprint density at radius 3 is 1.89 bits per heavy atom. The molecule has 3 aromatic carbocycles. The number of rotatable bonds is 22. The van der Waals surface area contributed by atoms with E-state index < -0.39 is 36.2 Å². The molecule has 7 amide bonds. The van der Waals surface area contributed by atoms with Gasteiger partial charge < -0.3 is 31.3 Å². The van der Waals surface area contributed by atoms with Gasteiger partial charge in [-0.05, 0) is 48.4 Å². The molecule has 1 atom stereocenters. The van der Waals surface area contributed by atoms with E-state index in [0.717, 1.165) is 22.4 Å². The number of nitrogens with zero attached hydrogens (tertiary/aromatic N) is 1. The summed E-state index contributed by atoms with van der Waals surface area (Å²) in [4.78, 5) is 87.0. The number of benzene rings is 3. The van der Waals surface area contributed by atoms with E-state index >= 15 is 0 Å². The molecule has 0 saturated carbocycles. The van der Waals surface area contributed by atoms with Crippen molar-refractivity contribution in [1.29, 1.82) is 0 Å². The van der Waals surface area contributed by atoms with Crippen LogP contribution in [0.5, 0.6) is 0 Å². The molecule has 0 aliphatic carbocycles. The summed E-state index contributed by atoms with van der Waals surface area (Å²) in [6, 6.07) is 24.4. The van der Waals surface area contributed by atoms with Crippen molar-refractivity contribution < 1.29 is 38.3 Å². The fraction of sp³-hybridized carbons (Fsp3) is 0.341. The average Bonchev–Trinajstić information content (AvgIpc) is 3.51. The first-order valence-electron chi connectivity index (χ1n) is 18.2. The van der Waals surface area contributed by atoms with E-state index in [1.807, 2.05) is 30.3 Å². The average molecular weight is 753 g/mol. The first-order valence-corrected chi connectivity index (χ1v) is 18.2. The van der Waals surface area contributed by atoms with Crippen LogP contribution < -0.4 is 26.6 Å². The molecule has 1 unspecified atom stereocenters. The molecule has 0 bridgehead atoms. The van der Waals surface area contributed by atoms with Gasteiger partial charge in [0.15, 0.2) is 0 Å². The fourth-order valence-corrected chi connectivity index (χ4v) is 5.55. The monoisotopic (exact) mass is 752 g/mol. The van der Waals surface area contributed by atoms with Crippen molar-refractivity contribution in [2.45, 2.75) is 58.1 Å². The van der Waals surface area contributed by atoms with Gasteiger partial charge in [0.05, 0.1) is 26.2 Å². The van der Waals surface area contributed by atoms with Gasteiger partial charge in [-0.3, -0.25) is 38.5 Å². The first kappa shape index (κ1) is 41.6. The lowest BCUT2D eigenvalue weighted by atomic mass is 10.0. The number of carbonyl (C=O) groups excluding carboxylic acids is 7. The molecular weight excluding hydrogens is 704 g/mol. The van der Waals surface area contributed by atoms with Gasteiger partial charge in [-0.15, -0.1) is 0 Å². The Hall–Kier alpha value is -6.15. The molecule has 1 heterocycles. The van der Waals surface area contributed by atoms with Crippen molar-refractivity contribution in [2.24, 2.45) is 0 Å². The third kappa shape index (κ3) is 15.4. The van der Waals surface area contributed by atoms with Crippen molar-refractivity contribution in [2.75, 3.05) is 32.9 Å². The minimum atomic E-state index is -1.04. The van der Waals surface area contributed by atoms with Gasteiger partial charge in [0, 0.05) is 31.5 Å². The van der Waals surface area contributed by atoms with E-state index in [1.165, 1.54) is 28.8 Å². The summed E-state index contributed by atoms with van der Waals surface area (Å²) in [7, 11) is 0. The summed E-state index contributed by atoms with van der Waals surface area (Å²) in [5.41, 5.74) is 5.35. The predicted octanol–water partition coefficient (Wildman–Crippen LogP) is 1.74. The summed E-state index contributed by atoms with van der Waals surface area (Å²) >= 11 is 0. The molecule has 14 nitrogen and oxygen atoms in total. The van der Waals surface area contributed by atoms with Crippen molar-refractivity contribution in [3.8, 4) is 0 Å². The maximum absolute atomic E-state index is 13.1. The zero-order chi connectivity index (χ0) is 39.4. The summed E-state index contributed by atoms with van der Waals surface area (Å²) < 4.78 is 5.59. The van der Waals surface area contributed by atoms with E-state index in [-0.39, 0.29) is 56.9 Å². The fourth-order valence-electron chi connectivity index (χ4n) is 5.55. The van der Waals surface area contributed by atoms with Crippen LogP contribution in [0.2, 0.25) is 0 Å². The van der Waals surface area contributed by atoms with Gasteiger partial charge in [0.2, 0.25) is 29.5 Å². The zero-order valence-electron chi connectivity index (χ0n) is 30.9. The number of aryl methyl sites for hydroxylation is 1. The topological polar surface area (TPSA) is 192 Å². The zero-order valence-corrected chi connectivity index (χ0v) is 30.9. The molecule has 1 aliphatic rings. The summed E-state index contributed by atoms with van der Waals surface area (Å²) in [6.07, 6.45) is 5.24. The summed E-state index contributed by atoms with van der Waals surface area (Å²) in [5.74, 6) is -3.35. The smallest absolute Gasteiger partial charge is 0.253 e. The van der Waals surface area contributed by atoms with Crippen LogP contribution in [0.4, 0.5) is 0 Å². The normalized spacial score (nSPS) is 12.6. The van der Waals surface area contributed by atoms with Crippen molar-refractivity contribution >= 4 is 41.4 Å². The number of imide groups is 1. The largest absolute Gasteiger partial charge is 0.357 e. The van der Waals surface area contributed by atoms with E-state index in [0.29, 0.717) is 25.9 Å². The van der Waals surface area contributed by atoms with Crippen LogP contribution in [0.25, 0.3) is 0 Å². The minimum absolute atomic E-state index is 0.0621. The van der Waals surface area contributed by atoms with Gasteiger partial charge in [-0.2, -0.15) is 0 Å². The molecule has 0 aromatic heterocycles. The van der Waals surface area contributed by atoms with Crippen LogP contribution in [0.15, 0.2) is 91.0 Å². The number of hydrogen-bond donors (Lipinski definition) is 5. The van der Waals surface area contributed by atoms with Crippen LogP contribution in [0.3, 0.4) is 0 Å². The molecule has 5 N–H and O–H groups in total. The van der Waals surface area contributed by atoms with Crippen LogP contribution in [0, 0.1) is 6.92 Å². The number of amides is 7. The lowest BCUT2D eigenvalue weighted by Gasteiger charge is -2.19. The predicted molar refractivity (Wildman–Crippen MR) is 204 cm³/mol. The Labute approximate surface area is 320 Å². The van der Waals surface area contributed by atoms with Gasteiger partial charge in [0.1, 0.15) is 12.8 Å². The Kier molecular flexibility index (Phi) is 16.8.